The summed E-state index contributed by atoms with van der Waals surface area (Å²) in [5.74, 6) is 0. The average molecular weight is 127 g/mol. The Kier molecular flexibility index (Phi) is 1.82. The van der Waals surface area contributed by atoms with Crippen LogP contribution in [0.25, 0.3) is 0 Å². The van der Waals surface area contributed by atoms with Gasteiger partial charge in [-0.3, -0.25) is 0 Å². The molecule has 0 amide bonds. The van der Waals surface area contributed by atoms with Gasteiger partial charge < -0.3 is 4.74 Å². The van der Waals surface area contributed by atoms with Gasteiger partial charge in [0.05, 0.1) is 6.26 Å². The van der Waals surface area contributed by atoms with Crippen molar-refractivity contribution >= 4 is 0 Å². The van der Waals surface area contributed by atoms with Crippen molar-refractivity contribution in [3.8, 4) is 0 Å². The fourth-order valence-corrected chi connectivity index (χ4v) is 0.872. The molecule has 50 valence electrons. The van der Waals surface area contributed by atoms with Crippen LogP contribution in [0, 0.1) is 4.91 Å². The van der Waals surface area contributed by atoms with E-state index in [0.29, 0.717) is 0 Å². The highest BCUT2D eigenvalue weighted by atomic mass is 16.5. The van der Waals surface area contributed by atoms with Crippen LogP contribution in [-0.2, 0) is 4.74 Å². The summed E-state index contributed by atoms with van der Waals surface area (Å²) in [6.45, 7) is 1.97. The average Bonchev–Trinajstić information content (AvgIpc) is 2.33. The molecule has 0 bridgehead atoms. The molecule has 1 heterocycles. The summed E-state index contributed by atoms with van der Waals surface area (Å²) in [6.07, 6.45) is 4.05. The first-order chi connectivity index (χ1) is 4.38. The third-order valence-corrected chi connectivity index (χ3v) is 1.43. The molecule has 1 aliphatic heterocycles. The Morgan fingerprint density at radius 2 is 2.56 bits per heavy atom. The minimum absolute atomic E-state index is 0.0116. The van der Waals surface area contributed by atoms with Gasteiger partial charge >= 0.3 is 0 Å². The predicted molar refractivity (Wildman–Crippen MR) is 33.9 cm³/mol. The van der Waals surface area contributed by atoms with E-state index in [1.807, 2.05) is 6.92 Å². The summed E-state index contributed by atoms with van der Waals surface area (Å²) in [7, 11) is 0. The molecule has 0 N–H and O–H groups in total. The normalized spacial score (nSPS) is 32.1. The minimum Gasteiger partial charge on any atom is -0.496 e. The van der Waals surface area contributed by atoms with Crippen molar-refractivity contribution in [1.82, 2.24) is 0 Å². The van der Waals surface area contributed by atoms with Crippen molar-refractivity contribution < 1.29 is 4.74 Å². The molecule has 3 heteroatoms. The van der Waals surface area contributed by atoms with Crippen molar-refractivity contribution in [3.63, 3.8) is 0 Å². The largest absolute Gasteiger partial charge is 0.496 e. The summed E-state index contributed by atoms with van der Waals surface area (Å²) in [6, 6.07) is -0.255. The van der Waals surface area contributed by atoms with Gasteiger partial charge in [0.15, 0.2) is 0 Å². The molecule has 0 aromatic heterocycles. The standard InChI is InChI=1S/C6H9NO2/c1-2-6-5(7-8)3-4-9-6/h3-6H,2H2,1H3. The van der Waals surface area contributed by atoms with Gasteiger partial charge in [-0.15, -0.1) is 0 Å². The molecule has 1 aliphatic rings. The first kappa shape index (κ1) is 6.26. The maximum Gasteiger partial charge on any atom is 0.150 e. The Bertz CT molecular complexity index is 133. The Balaban J connectivity index is 2.48. The van der Waals surface area contributed by atoms with Crippen LogP contribution in [0.3, 0.4) is 0 Å². The molecule has 0 fully saturated rings. The summed E-state index contributed by atoms with van der Waals surface area (Å²) < 4.78 is 5.03. The van der Waals surface area contributed by atoms with Gasteiger partial charge in [0.1, 0.15) is 12.1 Å². The molecule has 0 saturated carbocycles. The molecule has 3 nitrogen and oxygen atoms in total. The zero-order chi connectivity index (χ0) is 6.69. The summed E-state index contributed by atoms with van der Waals surface area (Å²) in [5.41, 5.74) is 0. The highest BCUT2D eigenvalue weighted by Gasteiger charge is 2.22. The fraction of sp³-hybridized carbons (Fsp3) is 0.667. The maximum atomic E-state index is 10.00. The van der Waals surface area contributed by atoms with E-state index in [2.05, 4.69) is 5.18 Å². The van der Waals surface area contributed by atoms with Crippen LogP contribution in [0.1, 0.15) is 13.3 Å². The van der Waals surface area contributed by atoms with E-state index in [-0.39, 0.29) is 12.1 Å². The Hall–Kier alpha value is -0.860. The van der Waals surface area contributed by atoms with Crippen molar-refractivity contribution in [2.45, 2.75) is 25.5 Å². The van der Waals surface area contributed by atoms with Gasteiger partial charge in [0.25, 0.3) is 0 Å². The van der Waals surface area contributed by atoms with E-state index >= 15 is 0 Å². The Morgan fingerprint density at radius 1 is 1.78 bits per heavy atom. The monoisotopic (exact) mass is 127 g/mol. The molecular formula is C6H9NO2. The zero-order valence-electron chi connectivity index (χ0n) is 5.28. The molecule has 0 radical (unpaired) electrons. The van der Waals surface area contributed by atoms with Gasteiger partial charge in [-0.05, 0) is 12.5 Å². The minimum atomic E-state index is -0.255. The molecule has 0 spiro atoms. The van der Waals surface area contributed by atoms with Gasteiger partial charge in [0.2, 0.25) is 0 Å². The van der Waals surface area contributed by atoms with Crippen molar-refractivity contribution in [3.05, 3.63) is 17.2 Å². The first-order valence-corrected chi connectivity index (χ1v) is 3.03. The SMILES string of the molecule is CCC1OC=CC1N=O. The van der Waals surface area contributed by atoms with Crippen LogP contribution in [0.15, 0.2) is 17.5 Å². The lowest BCUT2D eigenvalue weighted by atomic mass is 10.1. The van der Waals surface area contributed by atoms with Crippen LogP contribution in [0.5, 0.6) is 0 Å². The molecule has 0 aromatic carbocycles. The second kappa shape index (κ2) is 2.62. The zero-order valence-corrected chi connectivity index (χ0v) is 5.28. The highest BCUT2D eigenvalue weighted by molar-refractivity contribution is 5.00. The molecule has 9 heavy (non-hydrogen) atoms. The van der Waals surface area contributed by atoms with E-state index in [9.17, 15) is 4.91 Å². The van der Waals surface area contributed by atoms with Crippen LogP contribution in [-0.4, -0.2) is 12.1 Å². The van der Waals surface area contributed by atoms with Gasteiger partial charge in [-0.25, -0.2) is 0 Å². The van der Waals surface area contributed by atoms with Gasteiger partial charge in [-0.1, -0.05) is 12.1 Å². The fourth-order valence-electron chi connectivity index (χ4n) is 0.872. The predicted octanol–water partition coefficient (Wildman–Crippen LogP) is 1.44. The lowest BCUT2D eigenvalue weighted by Gasteiger charge is -2.08. The van der Waals surface area contributed by atoms with Gasteiger partial charge in [0, 0.05) is 0 Å². The summed E-state index contributed by atoms with van der Waals surface area (Å²) >= 11 is 0. The molecule has 2 unspecified atom stereocenters. The highest BCUT2D eigenvalue weighted by Crippen LogP contribution is 2.15. The number of hydrogen-bond acceptors (Lipinski definition) is 3. The third kappa shape index (κ3) is 1.09. The van der Waals surface area contributed by atoms with Crippen LogP contribution in [0.4, 0.5) is 0 Å². The maximum absolute atomic E-state index is 10.00. The van der Waals surface area contributed by atoms with Crippen molar-refractivity contribution in [1.29, 1.82) is 0 Å². The number of nitroso groups, excluding NO2 is 1. The number of rotatable bonds is 2. The van der Waals surface area contributed by atoms with Crippen LogP contribution >= 0.6 is 0 Å². The number of nitrogens with zero attached hydrogens (tertiary/aromatic N) is 1. The quantitative estimate of drug-likeness (QED) is 0.526. The van der Waals surface area contributed by atoms with E-state index < -0.39 is 0 Å². The smallest absolute Gasteiger partial charge is 0.150 e. The van der Waals surface area contributed by atoms with E-state index in [1.54, 1.807) is 12.3 Å². The first-order valence-electron chi connectivity index (χ1n) is 3.03. The molecule has 0 aliphatic carbocycles. The number of ether oxygens (including phenoxy) is 1. The second-order valence-corrected chi connectivity index (χ2v) is 2.01. The molecule has 0 saturated heterocycles. The molecular weight excluding hydrogens is 118 g/mol. The van der Waals surface area contributed by atoms with E-state index in [4.69, 9.17) is 4.74 Å². The van der Waals surface area contributed by atoms with Crippen LogP contribution < -0.4 is 0 Å². The summed E-state index contributed by atoms with van der Waals surface area (Å²) in [5, 5.41) is 2.88. The molecule has 0 aromatic rings. The lowest BCUT2D eigenvalue weighted by molar-refractivity contribution is 0.154. The topological polar surface area (TPSA) is 38.7 Å². The molecule has 2 atom stereocenters. The molecule has 1 rings (SSSR count). The third-order valence-electron chi connectivity index (χ3n) is 1.43. The summed E-state index contributed by atoms with van der Waals surface area (Å²) in [4.78, 5) is 10.00. The second-order valence-electron chi connectivity index (χ2n) is 2.01. The Morgan fingerprint density at radius 3 is 3.00 bits per heavy atom. The van der Waals surface area contributed by atoms with E-state index in [1.165, 1.54) is 0 Å². The van der Waals surface area contributed by atoms with Crippen LogP contribution in [0.2, 0.25) is 0 Å². The van der Waals surface area contributed by atoms with Crippen molar-refractivity contribution in [2.75, 3.05) is 0 Å². The number of hydrogen-bond donors (Lipinski definition) is 0. The van der Waals surface area contributed by atoms with Crippen molar-refractivity contribution in [2.24, 2.45) is 5.18 Å². The van der Waals surface area contributed by atoms with E-state index in [0.717, 1.165) is 6.42 Å². The lowest BCUT2D eigenvalue weighted by Crippen LogP contribution is -2.17. The Labute approximate surface area is 53.7 Å². The van der Waals surface area contributed by atoms with Gasteiger partial charge in [-0.2, -0.15) is 4.91 Å².